The number of likely N-dealkylation sites (tertiary alicyclic amines) is 1. The van der Waals surface area contributed by atoms with Gasteiger partial charge in [-0.05, 0) is 54.8 Å². The first kappa shape index (κ1) is 22.3. The summed E-state index contributed by atoms with van der Waals surface area (Å²) < 4.78 is 36.5. The first-order chi connectivity index (χ1) is 15.2. The molecule has 0 spiro atoms. The van der Waals surface area contributed by atoms with Gasteiger partial charge in [0.05, 0.1) is 16.9 Å². The molecule has 2 aliphatic rings. The van der Waals surface area contributed by atoms with E-state index >= 15 is 0 Å². The number of nitrogens with zero attached hydrogens (tertiary/aromatic N) is 2. The SMILES string of the molecule is O=C(c1ccc(N2CCS(=O)(=O)CC2)cc1)N1CCC(C(=O)O)(c2ccc(F)cc2)CC1. The van der Waals surface area contributed by atoms with Gasteiger partial charge in [0.2, 0.25) is 0 Å². The Bertz CT molecular complexity index is 1090. The van der Waals surface area contributed by atoms with Crippen LogP contribution in [-0.2, 0) is 20.0 Å². The van der Waals surface area contributed by atoms with E-state index < -0.39 is 27.0 Å². The van der Waals surface area contributed by atoms with Crippen LogP contribution in [0.5, 0.6) is 0 Å². The van der Waals surface area contributed by atoms with E-state index in [1.54, 1.807) is 17.0 Å². The smallest absolute Gasteiger partial charge is 0.314 e. The van der Waals surface area contributed by atoms with Crippen LogP contribution >= 0.6 is 0 Å². The van der Waals surface area contributed by atoms with E-state index in [4.69, 9.17) is 0 Å². The lowest BCUT2D eigenvalue weighted by Crippen LogP contribution is -2.49. The summed E-state index contributed by atoms with van der Waals surface area (Å²) in [6.45, 7) is 1.44. The number of sulfone groups is 1. The van der Waals surface area contributed by atoms with Crippen molar-refractivity contribution in [3.8, 4) is 0 Å². The van der Waals surface area contributed by atoms with Crippen LogP contribution in [-0.4, -0.2) is 68.0 Å². The summed E-state index contributed by atoms with van der Waals surface area (Å²) in [7, 11) is -2.96. The van der Waals surface area contributed by atoms with E-state index in [1.165, 1.54) is 24.3 Å². The van der Waals surface area contributed by atoms with Gasteiger partial charge in [0.25, 0.3) is 5.91 Å². The highest BCUT2D eigenvalue weighted by molar-refractivity contribution is 7.91. The van der Waals surface area contributed by atoms with Gasteiger partial charge in [-0.2, -0.15) is 0 Å². The van der Waals surface area contributed by atoms with E-state index in [9.17, 15) is 27.5 Å². The van der Waals surface area contributed by atoms with Crippen molar-refractivity contribution in [1.29, 1.82) is 0 Å². The molecule has 7 nitrogen and oxygen atoms in total. The molecule has 2 aromatic carbocycles. The van der Waals surface area contributed by atoms with Gasteiger partial charge >= 0.3 is 5.97 Å². The molecule has 2 heterocycles. The second kappa shape index (κ2) is 8.54. The highest BCUT2D eigenvalue weighted by Gasteiger charge is 2.44. The normalized spacial score (nSPS) is 20.0. The van der Waals surface area contributed by atoms with Crippen molar-refractivity contribution in [2.75, 3.05) is 42.6 Å². The number of halogens is 1. The minimum atomic E-state index is -2.96. The summed E-state index contributed by atoms with van der Waals surface area (Å²) in [6.07, 6.45) is 0.500. The van der Waals surface area contributed by atoms with Crippen molar-refractivity contribution < 1.29 is 27.5 Å². The summed E-state index contributed by atoms with van der Waals surface area (Å²) in [5, 5.41) is 9.90. The van der Waals surface area contributed by atoms with Crippen LogP contribution in [0.4, 0.5) is 10.1 Å². The molecule has 0 bridgehead atoms. The fourth-order valence-electron chi connectivity index (χ4n) is 4.45. The van der Waals surface area contributed by atoms with Gasteiger partial charge in [0.1, 0.15) is 5.82 Å². The van der Waals surface area contributed by atoms with Crippen LogP contribution in [0.25, 0.3) is 0 Å². The average Bonchev–Trinajstić information content (AvgIpc) is 2.79. The number of rotatable bonds is 4. The number of hydrogen-bond acceptors (Lipinski definition) is 5. The van der Waals surface area contributed by atoms with Gasteiger partial charge < -0.3 is 14.9 Å². The quantitative estimate of drug-likeness (QED) is 0.753. The van der Waals surface area contributed by atoms with Crippen molar-refractivity contribution in [2.24, 2.45) is 0 Å². The monoisotopic (exact) mass is 460 g/mol. The lowest BCUT2D eigenvalue weighted by Gasteiger charge is -2.39. The van der Waals surface area contributed by atoms with Crippen molar-refractivity contribution in [3.05, 3.63) is 65.5 Å². The lowest BCUT2D eigenvalue weighted by atomic mass is 9.72. The maximum absolute atomic E-state index is 13.3. The molecule has 1 N–H and O–H groups in total. The highest BCUT2D eigenvalue weighted by atomic mass is 32.2. The summed E-state index contributed by atoms with van der Waals surface area (Å²) >= 11 is 0. The van der Waals surface area contributed by atoms with Gasteiger partial charge in [-0.3, -0.25) is 9.59 Å². The molecule has 0 radical (unpaired) electrons. The van der Waals surface area contributed by atoms with Crippen LogP contribution in [0.2, 0.25) is 0 Å². The third-order valence-electron chi connectivity index (χ3n) is 6.53. The summed E-state index contributed by atoms with van der Waals surface area (Å²) in [5.74, 6) is -1.31. The highest BCUT2D eigenvalue weighted by Crippen LogP contribution is 2.36. The van der Waals surface area contributed by atoms with Crippen LogP contribution in [0.3, 0.4) is 0 Å². The number of hydrogen-bond donors (Lipinski definition) is 1. The van der Waals surface area contributed by atoms with Crippen molar-refractivity contribution in [2.45, 2.75) is 18.3 Å². The number of carbonyl (C=O) groups excluding carboxylic acids is 1. The molecule has 9 heteroatoms. The fraction of sp³-hybridized carbons (Fsp3) is 0.391. The fourth-order valence-corrected chi connectivity index (χ4v) is 5.66. The third kappa shape index (κ3) is 4.34. The molecular formula is C23H25FN2O5S. The summed E-state index contributed by atoms with van der Waals surface area (Å²) in [6, 6.07) is 12.6. The largest absolute Gasteiger partial charge is 0.481 e. The summed E-state index contributed by atoms with van der Waals surface area (Å²) in [4.78, 5) is 28.7. The van der Waals surface area contributed by atoms with E-state index in [2.05, 4.69) is 0 Å². The number of piperidine rings is 1. The number of carbonyl (C=O) groups is 2. The molecule has 0 unspecified atom stereocenters. The van der Waals surface area contributed by atoms with Crippen LogP contribution < -0.4 is 4.90 Å². The number of anilines is 1. The molecule has 1 amide bonds. The van der Waals surface area contributed by atoms with Crippen LogP contribution in [0, 0.1) is 5.82 Å². The van der Waals surface area contributed by atoms with Crippen LogP contribution in [0.1, 0.15) is 28.8 Å². The maximum atomic E-state index is 13.3. The molecule has 170 valence electrons. The Balaban J connectivity index is 1.43. The Labute approximate surface area is 186 Å². The van der Waals surface area contributed by atoms with Crippen molar-refractivity contribution in [3.63, 3.8) is 0 Å². The number of carboxylic acids is 1. The summed E-state index contributed by atoms with van der Waals surface area (Å²) in [5.41, 5.74) is 0.786. The van der Waals surface area contributed by atoms with E-state index in [0.717, 1.165) is 5.69 Å². The first-order valence-electron chi connectivity index (χ1n) is 10.5. The molecule has 0 saturated carbocycles. The second-order valence-corrected chi connectivity index (χ2v) is 10.7. The second-order valence-electron chi connectivity index (χ2n) is 8.37. The predicted octanol–water partition coefficient (Wildman–Crippen LogP) is 2.32. The lowest BCUT2D eigenvalue weighted by molar-refractivity contribution is -0.145. The molecule has 2 fully saturated rings. The Morgan fingerprint density at radius 1 is 0.875 bits per heavy atom. The number of benzene rings is 2. The molecule has 2 saturated heterocycles. The molecule has 2 aromatic rings. The molecule has 0 aromatic heterocycles. The van der Waals surface area contributed by atoms with Crippen molar-refractivity contribution in [1.82, 2.24) is 4.90 Å². The minimum Gasteiger partial charge on any atom is -0.481 e. The van der Waals surface area contributed by atoms with E-state index in [1.807, 2.05) is 17.0 Å². The average molecular weight is 461 g/mol. The molecule has 0 aliphatic carbocycles. The predicted molar refractivity (Wildman–Crippen MR) is 118 cm³/mol. The molecule has 32 heavy (non-hydrogen) atoms. The zero-order valence-corrected chi connectivity index (χ0v) is 18.4. The zero-order chi connectivity index (χ0) is 22.9. The third-order valence-corrected chi connectivity index (χ3v) is 8.14. The minimum absolute atomic E-state index is 0.126. The maximum Gasteiger partial charge on any atom is 0.314 e. The molecule has 4 rings (SSSR count). The Morgan fingerprint density at radius 3 is 1.97 bits per heavy atom. The number of aliphatic carboxylic acids is 1. The van der Waals surface area contributed by atoms with E-state index in [0.29, 0.717) is 24.2 Å². The Morgan fingerprint density at radius 2 is 1.44 bits per heavy atom. The zero-order valence-electron chi connectivity index (χ0n) is 17.5. The Kier molecular flexibility index (Phi) is 5.94. The van der Waals surface area contributed by atoms with Gasteiger partial charge in [-0.1, -0.05) is 12.1 Å². The van der Waals surface area contributed by atoms with Gasteiger partial charge in [-0.25, -0.2) is 12.8 Å². The van der Waals surface area contributed by atoms with Gasteiger partial charge in [0, 0.05) is 37.4 Å². The number of amides is 1. The van der Waals surface area contributed by atoms with Gasteiger partial charge in [0.15, 0.2) is 9.84 Å². The molecule has 2 aliphatic heterocycles. The van der Waals surface area contributed by atoms with Gasteiger partial charge in [-0.15, -0.1) is 0 Å². The van der Waals surface area contributed by atoms with Crippen LogP contribution in [0.15, 0.2) is 48.5 Å². The number of carboxylic acid groups (broad SMARTS) is 1. The molecular weight excluding hydrogens is 435 g/mol. The standard InChI is InChI=1S/C23H25FN2O5S/c24-19-5-3-18(4-6-19)23(22(28)29)9-11-26(12-10-23)21(27)17-1-7-20(8-2-17)25-13-15-32(30,31)16-14-25/h1-8H,9-16H2,(H,28,29). The van der Waals surface area contributed by atoms with E-state index in [-0.39, 0.29) is 43.3 Å². The Hall–Kier alpha value is -2.94. The topological polar surface area (TPSA) is 95.0 Å². The van der Waals surface area contributed by atoms with Crippen molar-refractivity contribution >= 4 is 27.4 Å². The first-order valence-corrected chi connectivity index (χ1v) is 12.4. The molecule has 0 atom stereocenters.